The second-order valence-electron chi connectivity index (χ2n) is 3.85. The van der Waals surface area contributed by atoms with Crippen LogP contribution in [0.3, 0.4) is 0 Å². The van der Waals surface area contributed by atoms with E-state index in [0.29, 0.717) is 12.2 Å². The molecule has 1 atom stereocenters. The van der Waals surface area contributed by atoms with Gasteiger partial charge in [0.2, 0.25) is 0 Å². The van der Waals surface area contributed by atoms with Gasteiger partial charge in [-0.2, -0.15) is 0 Å². The normalized spacial score (nSPS) is 12.6. The van der Waals surface area contributed by atoms with Crippen LogP contribution in [0.2, 0.25) is 0 Å². The van der Waals surface area contributed by atoms with Gasteiger partial charge in [0.1, 0.15) is 5.75 Å². The fourth-order valence-electron chi connectivity index (χ4n) is 1.49. The summed E-state index contributed by atoms with van der Waals surface area (Å²) >= 11 is 0. The molecule has 100 valence electrons. The lowest BCUT2D eigenvalue weighted by Crippen LogP contribution is -2.34. The summed E-state index contributed by atoms with van der Waals surface area (Å²) < 4.78 is 5.76. The number of benzene rings is 1. The van der Waals surface area contributed by atoms with Gasteiger partial charge in [-0.05, 0) is 31.8 Å². The molecule has 0 amide bonds. The minimum absolute atomic E-state index is 0.146. The number of likely N-dealkylation sites (N-methyl/N-ethyl adjacent to an activating group) is 1. The average Bonchev–Trinajstić information content (AvgIpc) is 2.38. The molecule has 0 saturated heterocycles. The molecule has 0 aliphatic heterocycles. The zero-order chi connectivity index (χ0) is 13.4. The summed E-state index contributed by atoms with van der Waals surface area (Å²) in [6.07, 6.45) is 2.67. The molecule has 1 aromatic carbocycles. The van der Waals surface area contributed by atoms with Crippen molar-refractivity contribution in [3.63, 3.8) is 0 Å². The second kappa shape index (κ2) is 7.55. The molecule has 5 nitrogen and oxygen atoms in total. The molecular weight excluding hydrogens is 228 g/mol. The van der Waals surface area contributed by atoms with Crippen LogP contribution in [-0.2, 0) is 0 Å². The third kappa shape index (κ3) is 4.25. The zero-order valence-electron chi connectivity index (χ0n) is 11.2. The summed E-state index contributed by atoms with van der Waals surface area (Å²) in [7, 11) is 3.68. The first-order chi connectivity index (χ1) is 8.71. The monoisotopic (exact) mass is 250 g/mol. The van der Waals surface area contributed by atoms with Crippen LogP contribution in [0.1, 0.15) is 13.3 Å². The molecule has 0 fully saturated rings. The number of nitrogens with zero attached hydrogens (tertiary/aromatic N) is 1. The third-order valence-electron chi connectivity index (χ3n) is 2.48. The molecule has 1 aromatic rings. The van der Waals surface area contributed by atoms with Crippen LogP contribution in [0.4, 0.5) is 11.4 Å². The number of nitrogen functional groups attached to an aromatic ring is 1. The Balaban J connectivity index is 2.64. The van der Waals surface area contributed by atoms with Crippen LogP contribution in [0.5, 0.6) is 5.75 Å². The lowest BCUT2D eigenvalue weighted by Gasteiger charge is -2.17. The molecule has 5 heteroatoms. The smallest absolute Gasteiger partial charge is 0.169 e. The summed E-state index contributed by atoms with van der Waals surface area (Å²) in [5.41, 5.74) is 7.44. The highest BCUT2D eigenvalue weighted by molar-refractivity contribution is 5.67. The lowest BCUT2D eigenvalue weighted by molar-refractivity contribution is 0.182. The second-order valence-corrected chi connectivity index (χ2v) is 3.85. The van der Waals surface area contributed by atoms with Crippen molar-refractivity contribution in [3.05, 3.63) is 18.2 Å². The maximum absolute atomic E-state index is 5.88. The Bertz CT molecular complexity index is 393. The molecule has 0 aromatic heterocycles. The predicted molar refractivity (Wildman–Crippen MR) is 77.5 cm³/mol. The summed E-state index contributed by atoms with van der Waals surface area (Å²) in [6.45, 7) is 2.63. The van der Waals surface area contributed by atoms with Crippen molar-refractivity contribution in [2.45, 2.75) is 19.6 Å². The topological polar surface area (TPSA) is 71.7 Å². The summed E-state index contributed by atoms with van der Waals surface area (Å²) in [5.74, 6) is 0.734. The molecular formula is C13H22N4O. The van der Waals surface area contributed by atoms with Crippen molar-refractivity contribution in [2.75, 3.05) is 31.7 Å². The predicted octanol–water partition coefficient (Wildman–Crippen LogP) is 1.72. The first-order valence-electron chi connectivity index (χ1n) is 6.10. The highest BCUT2D eigenvalue weighted by Gasteiger charge is 2.07. The maximum Gasteiger partial charge on any atom is 0.169 e. The quantitative estimate of drug-likeness (QED) is 0.391. The van der Waals surface area contributed by atoms with Gasteiger partial charge in [-0.25, -0.2) is 0 Å². The molecule has 1 rings (SSSR count). The maximum atomic E-state index is 5.88. The number of anilines is 2. The molecule has 0 heterocycles. The Morgan fingerprint density at radius 1 is 1.44 bits per heavy atom. The number of nitrogens with two attached hydrogens (primary N) is 1. The standard InChI is InChI=1S/C13H22N4O/c1-4-7-17-9-13(16-3)18-10-5-6-12(15-2)11(14)8-10/h5-8,13,15-16H,4,9,14H2,1-3H3. The Hall–Kier alpha value is -1.75. The minimum atomic E-state index is -0.146. The van der Waals surface area contributed by atoms with Crippen molar-refractivity contribution in [2.24, 2.45) is 4.99 Å². The Morgan fingerprint density at radius 3 is 2.78 bits per heavy atom. The van der Waals surface area contributed by atoms with Crippen molar-refractivity contribution < 1.29 is 4.74 Å². The molecule has 0 aliphatic rings. The van der Waals surface area contributed by atoms with Gasteiger partial charge < -0.3 is 15.8 Å². The van der Waals surface area contributed by atoms with E-state index in [9.17, 15) is 0 Å². The number of ether oxygens (including phenoxy) is 1. The van der Waals surface area contributed by atoms with Crippen molar-refractivity contribution in [1.82, 2.24) is 5.32 Å². The largest absolute Gasteiger partial charge is 0.473 e. The number of hydrogen-bond acceptors (Lipinski definition) is 5. The van der Waals surface area contributed by atoms with Crippen molar-refractivity contribution in [1.29, 1.82) is 0 Å². The first kappa shape index (κ1) is 14.3. The van der Waals surface area contributed by atoms with Crippen molar-refractivity contribution >= 4 is 17.6 Å². The van der Waals surface area contributed by atoms with Gasteiger partial charge in [-0.1, -0.05) is 6.92 Å². The minimum Gasteiger partial charge on any atom is -0.473 e. The Kier molecular flexibility index (Phi) is 6.00. The summed E-state index contributed by atoms with van der Waals surface area (Å²) in [6, 6.07) is 5.59. The van der Waals surface area contributed by atoms with Crippen molar-refractivity contribution in [3.8, 4) is 5.75 Å². The number of aliphatic imine (C=N–C) groups is 1. The fourth-order valence-corrected chi connectivity index (χ4v) is 1.49. The summed E-state index contributed by atoms with van der Waals surface area (Å²) in [4.78, 5) is 4.26. The number of nitrogens with one attached hydrogen (secondary N) is 2. The van der Waals surface area contributed by atoms with Gasteiger partial charge in [0.15, 0.2) is 6.23 Å². The van der Waals surface area contributed by atoms with Crippen LogP contribution in [0.25, 0.3) is 0 Å². The van der Waals surface area contributed by atoms with Crippen LogP contribution in [-0.4, -0.2) is 33.1 Å². The van der Waals surface area contributed by atoms with E-state index in [2.05, 4.69) is 22.5 Å². The van der Waals surface area contributed by atoms with E-state index in [1.165, 1.54) is 0 Å². The van der Waals surface area contributed by atoms with E-state index in [-0.39, 0.29) is 6.23 Å². The van der Waals surface area contributed by atoms with E-state index in [1.54, 1.807) is 6.07 Å². The van der Waals surface area contributed by atoms with E-state index in [1.807, 2.05) is 32.4 Å². The number of rotatable bonds is 7. The van der Waals surface area contributed by atoms with Gasteiger partial charge in [-0.15, -0.1) is 0 Å². The average molecular weight is 250 g/mol. The van der Waals surface area contributed by atoms with Crippen LogP contribution in [0, 0.1) is 0 Å². The third-order valence-corrected chi connectivity index (χ3v) is 2.48. The Labute approximate surface area is 108 Å². The van der Waals surface area contributed by atoms with E-state index >= 15 is 0 Å². The fraction of sp³-hybridized carbons (Fsp3) is 0.462. The molecule has 0 spiro atoms. The van der Waals surface area contributed by atoms with E-state index in [4.69, 9.17) is 10.5 Å². The molecule has 0 radical (unpaired) electrons. The van der Waals surface area contributed by atoms with Gasteiger partial charge in [0.05, 0.1) is 17.9 Å². The molecule has 1 unspecified atom stereocenters. The first-order valence-corrected chi connectivity index (χ1v) is 6.10. The highest BCUT2D eigenvalue weighted by Crippen LogP contribution is 2.24. The number of hydrogen-bond donors (Lipinski definition) is 3. The summed E-state index contributed by atoms with van der Waals surface area (Å²) in [5, 5.41) is 6.08. The SMILES string of the molecule is CCC=NCC(NC)Oc1ccc(NC)c(N)c1. The van der Waals surface area contributed by atoms with Gasteiger partial charge >= 0.3 is 0 Å². The van der Waals surface area contributed by atoms with Gasteiger partial charge in [-0.3, -0.25) is 10.3 Å². The molecule has 18 heavy (non-hydrogen) atoms. The molecule has 0 saturated carbocycles. The Morgan fingerprint density at radius 2 is 2.22 bits per heavy atom. The van der Waals surface area contributed by atoms with Crippen LogP contribution < -0.4 is 21.1 Å². The zero-order valence-corrected chi connectivity index (χ0v) is 11.2. The van der Waals surface area contributed by atoms with Gasteiger partial charge in [0.25, 0.3) is 0 Å². The van der Waals surface area contributed by atoms with Crippen LogP contribution in [0.15, 0.2) is 23.2 Å². The van der Waals surface area contributed by atoms with E-state index < -0.39 is 0 Å². The van der Waals surface area contributed by atoms with Crippen LogP contribution >= 0.6 is 0 Å². The molecule has 4 N–H and O–H groups in total. The molecule has 0 bridgehead atoms. The highest BCUT2D eigenvalue weighted by atomic mass is 16.5. The lowest BCUT2D eigenvalue weighted by atomic mass is 10.2. The molecule has 0 aliphatic carbocycles. The van der Waals surface area contributed by atoms with E-state index in [0.717, 1.165) is 17.9 Å². The van der Waals surface area contributed by atoms with Gasteiger partial charge in [0, 0.05) is 13.1 Å².